The van der Waals surface area contributed by atoms with Gasteiger partial charge in [0, 0.05) is 11.4 Å². The van der Waals surface area contributed by atoms with Crippen molar-refractivity contribution in [2.24, 2.45) is 5.92 Å². The van der Waals surface area contributed by atoms with Gasteiger partial charge in [-0.25, -0.2) is 0 Å². The van der Waals surface area contributed by atoms with Crippen LogP contribution in [0, 0.1) is 17.2 Å². The van der Waals surface area contributed by atoms with Crippen LogP contribution in [0.25, 0.3) is 0 Å². The minimum atomic E-state index is -0.738. The van der Waals surface area contributed by atoms with Crippen molar-refractivity contribution in [2.75, 3.05) is 0 Å². The SMILES string of the molecule is CCC(C)CC(=O)C(C#N)c1ccccc1Cl. The van der Waals surface area contributed by atoms with Gasteiger partial charge in [0.1, 0.15) is 5.92 Å². The Kier molecular flexibility index (Phi) is 5.18. The summed E-state index contributed by atoms with van der Waals surface area (Å²) in [7, 11) is 0. The molecule has 0 spiro atoms. The summed E-state index contributed by atoms with van der Waals surface area (Å²) in [6.07, 6.45) is 1.37. The van der Waals surface area contributed by atoms with Crippen LogP contribution < -0.4 is 0 Å². The van der Waals surface area contributed by atoms with E-state index >= 15 is 0 Å². The van der Waals surface area contributed by atoms with Gasteiger partial charge in [0.05, 0.1) is 6.07 Å². The standard InChI is InChI=1S/C14H16ClNO/c1-3-10(2)8-14(17)12(9-16)11-6-4-5-7-13(11)15/h4-7,10,12H,3,8H2,1-2H3. The first kappa shape index (κ1) is 13.7. The molecule has 0 aliphatic rings. The lowest BCUT2D eigenvalue weighted by Gasteiger charge is -2.13. The molecule has 17 heavy (non-hydrogen) atoms. The maximum absolute atomic E-state index is 12.0. The zero-order valence-electron chi connectivity index (χ0n) is 10.1. The van der Waals surface area contributed by atoms with Crippen molar-refractivity contribution in [3.05, 3.63) is 34.9 Å². The van der Waals surface area contributed by atoms with Crippen LogP contribution in [0.4, 0.5) is 0 Å². The lowest BCUT2D eigenvalue weighted by Crippen LogP contribution is -2.14. The monoisotopic (exact) mass is 249 g/mol. The highest BCUT2D eigenvalue weighted by Gasteiger charge is 2.23. The van der Waals surface area contributed by atoms with Crippen LogP contribution in [-0.4, -0.2) is 5.78 Å². The summed E-state index contributed by atoms with van der Waals surface area (Å²) in [6.45, 7) is 4.05. The van der Waals surface area contributed by atoms with E-state index in [1.54, 1.807) is 24.3 Å². The second-order valence-electron chi connectivity index (χ2n) is 4.27. The van der Waals surface area contributed by atoms with Crippen LogP contribution in [0.15, 0.2) is 24.3 Å². The second-order valence-corrected chi connectivity index (χ2v) is 4.67. The van der Waals surface area contributed by atoms with E-state index in [1.807, 2.05) is 13.8 Å². The lowest BCUT2D eigenvalue weighted by molar-refractivity contribution is -0.120. The number of nitrogens with zero attached hydrogens (tertiary/aromatic N) is 1. The van der Waals surface area contributed by atoms with Gasteiger partial charge < -0.3 is 0 Å². The zero-order chi connectivity index (χ0) is 12.8. The summed E-state index contributed by atoms with van der Waals surface area (Å²) in [6, 6.07) is 9.09. The molecule has 1 aromatic rings. The molecule has 0 bridgehead atoms. The van der Waals surface area contributed by atoms with Gasteiger partial charge in [0.2, 0.25) is 0 Å². The number of Topliss-reactive ketones (excluding diaryl/α,β-unsaturated/α-hetero) is 1. The van der Waals surface area contributed by atoms with Gasteiger partial charge in [-0.05, 0) is 17.5 Å². The van der Waals surface area contributed by atoms with E-state index in [0.29, 0.717) is 22.9 Å². The number of rotatable bonds is 5. The quantitative estimate of drug-likeness (QED) is 0.793. The maximum Gasteiger partial charge on any atom is 0.154 e. The Labute approximate surface area is 107 Å². The Morgan fingerprint density at radius 1 is 1.47 bits per heavy atom. The minimum absolute atomic E-state index is 0.0463. The third-order valence-electron chi connectivity index (χ3n) is 2.91. The molecule has 3 heteroatoms. The fourth-order valence-corrected chi connectivity index (χ4v) is 1.87. The van der Waals surface area contributed by atoms with Crippen molar-refractivity contribution in [3.8, 4) is 6.07 Å². The summed E-state index contributed by atoms with van der Waals surface area (Å²) in [5.74, 6) is -0.478. The Morgan fingerprint density at radius 3 is 2.65 bits per heavy atom. The molecule has 1 aromatic carbocycles. The molecule has 0 aliphatic carbocycles. The smallest absolute Gasteiger partial charge is 0.154 e. The Balaban J connectivity index is 2.90. The van der Waals surface area contributed by atoms with Crippen molar-refractivity contribution in [1.82, 2.24) is 0 Å². The van der Waals surface area contributed by atoms with Crippen molar-refractivity contribution in [2.45, 2.75) is 32.6 Å². The largest absolute Gasteiger partial charge is 0.298 e. The minimum Gasteiger partial charge on any atom is -0.298 e. The average Bonchev–Trinajstić information content (AvgIpc) is 2.32. The van der Waals surface area contributed by atoms with Crippen LogP contribution in [0.3, 0.4) is 0 Å². The number of halogens is 1. The lowest BCUT2D eigenvalue weighted by atomic mass is 9.90. The summed E-state index contributed by atoms with van der Waals surface area (Å²) < 4.78 is 0. The van der Waals surface area contributed by atoms with E-state index in [2.05, 4.69) is 6.07 Å². The molecule has 0 N–H and O–H groups in total. The van der Waals surface area contributed by atoms with Crippen molar-refractivity contribution in [3.63, 3.8) is 0 Å². The summed E-state index contributed by atoms with van der Waals surface area (Å²) in [5.41, 5.74) is 0.616. The predicted octanol–water partition coefficient (Wildman–Crippen LogP) is 3.95. The van der Waals surface area contributed by atoms with Gasteiger partial charge in [-0.3, -0.25) is 4.79 Å². The highest BCUT2D eigenvalue weighted by Crippen LogP contribution is 2.26. The summed E-state index contributed by atoms with van der Waals surface area (Å²) in [4.78, 5) is 12.0. The first-order chi connectivity index (χ1) is 8.10. The topological polar surface area (TPSA) is 40.9 Å². The first-order valence-corrected chi connectivity index (χ1v) is 6.14. The van der Waals surface area contributed by atoms with Gasteiger partial charge >= 0.3 is 0 Å². The highest BCUT2D eigenvalue weighted by molar-refractivity contribution is 6.31. The Morgan fingerprint density at radius 2 is 2.12 bits per heavy atom. The average molecular weight is 250 g/mol. The highest BCUT2D eigenvalue weighted by atomic mass is 35.5. The molecule has 2 unspecified atom stereocenters. The number of hydrogen-bond donors (Lipinski definition) is 0. The van der Waals surface area contributed by atoms with Crippen LogP contribution in [-0.2, 0) is 4.79 Å². The van der Waals surface area contributed by atoms with Crippen molar-refractivity contribution >= 4 is 17.4 Å². The molecule has 0 amide bonds. The van der Waals surface area contributed by atoms with Gasteiger partial charge in [0.25, 0.3) is 0 Å². The first-order valence-electron chi connectivity index (χ1n) is 5.76. The fraction of sp³-hybridized carbons (Fsp3) is 0.429. The third kappa shape index (κ3) is 3.57. The molecule has 0 aliphatic heterocycles. The molecule has 1 rings (SSSR count). The van der Waals surface area contributed by atoms with Crippen molar-refractivity contribution in [1.29, 1.82) is 5.26 Å². The van der Waals surface area contributed by atoms with Gasteiger partial charge in [-0.1, -0.05) is 50.1 Å². The third-order valence-corrected chi connectivity index (χ3v) is 3.26. The van der Waals surface area contributed by atoms with Crippen LogP contribution >= 0.6 is 11.6 Å². The molecule has 2 atom stereocenters. The zero-order valence-corrected chi connectivity index (χ0v) is 10.9. The summed E-state index contributed by atoms with van der Waals surface area (Å²) >= 11 is 6.01. The molecule has 0 heterocycles. The number of carbonyl (C=O) groups is 1. The molecule has 0 saturated carbocycles. The van der Waals surface area contributed by atoms with E-state index in [1.165, 1.54) is 0 Å². The fourth-order valence-electron chi connectivity index (χ4n) is 1.63. The molecule has 0 aromatic heterocycles. The summed E-state index contributed by atoms with van der Waals surface area (Å²) in [5, 5.41) is 9.61. The number of nitriles is 1. The van der Waals surface area contributed by atoms with Gasteiger partial charge in [-0.15, -0.1) is 0 Å². The normalized spacial score (nSPS) is 13.8. The van der Waals surface area contributed by atoms with E-state index in [9.17, 15) is 4.79 Å². The van der Waals surface area contributed by atoms with Crippen LogP contribution in [0.1, 0.15) is 38.2 Å². The number of carbonyl (C=O) groups excluding carboxylic acids is 1. The van der Waals surface area contributed by atoms with Crippen LogP contribution in [0.2, 0.25) is 5.02 Å². The van der Waals surface area contributed by atoms with Gasteiger partial charge in [-0.2, -0.15) is 5.26 Å². The molecule has 90 valence electrons. The van der Waals surface area contributed by atoms with E-state index in [-0.39, 0.29) is 5.78 Å². The Hall–Kier alpha value is -1.33. The maximum atomic E-state index is 12.0. The molecule has 0 saturated heterocycles. The molecule has 0 fully saturated rings. The number of ketones is 1. The van der Waals surface area contributed by atoms with E-state index < -0.39 is 5.92 Å². The van der Waals surface area contributed by atoms with Crippen LogP contribution in [0.5, 0.6) is 0 Å². The van der Waals surface area contributed by atoms with Crippen molar-refractivity contribution < 1.29 is 4.79 Å². The molecule has 2 nitrogen and oxygen atoms in total. The molecular weight excluding hydrogens is 234 g/mol. The predicted molar refractivity (Wildman–Crippen MR) is 68.9 cm³/mol. The Bertz CT molecular complexity index is 436. The second kappa shape index (κ2) is 6.42. The number of benzene rings is 1. The van der Waals surface area contributed by atoms with E-state index in [4.69, 9.17) is 16.9 Å². The van der Waals surface area contributed by atoms with Gasteiger partial charge in [0.15, 0.2) is 5.78 Å². The molecule has 0 radical (unpaired) electrons. The van der Waals surface area contributed by atoms with E-state index in [0.717, 1.165) is 6.42 Å². The molecular formula is C14H16ClNO. The number of hydrogen-bond acceptors (Lipinski definition) is 2.